The monoisotopic (exact) mass is 367 g/mol. The predicted octanol–water partition coefficient (Wildman–Crippen LogP) is 3.87. The number of hydrogen-bond acceptors (Lipinski definition) is 3. The maximum absolute atomic E-state index is 13.7. The van der Waals surface area contributed by atoms with E-state index >= 15 is 0 Å². The van der Waals surface area contributed by atoms with Gasteiger partial charge in [0, 0.05) is 17.7 Å². The van der Waals surface area contributed by atoms with Crippen molar-refractivity contribution < 1.29 is 35.6 Å². The van der Waals surface area contributed by atoms with E-state index in [1.807, 2.05) is 0 Å². The van der Waals surface area contributed by atoms with Crippen LogP contribution in [0.1, 0.15) is 0 Å². The number of allylic oxidation sites excluding steroid dienone is 2. The molecule has 0 fully saturated rings. The van der Waals surface area contributed by atoms with Crippen LogP contribution in [0.3, 0.4) is 0 Å². The molecule has 0 saturated carbocycles. The van der Waals surface area contributed by atoms with Gasteiger partial charge in [-0.3, -0.25) is 0 Å². The molecule has 128 valence electrons. The molecule has 0 saturated heterocycles. The Morgan fingerprint density at radius 2 is 1.83 bits per heavy atom. The molecule has 1 aliphatic carbocycles. The minimum absolute atomic E-state index is 0.507. The van der Waals surface area contributed by atoms with Gasteiger partial charge in [-0.25, -0.2) is 9.37 Å². The molecule has 10 heteroatoms. The number of pyridine rings is 1. The van der Waals surface area contributed by atoms with Crippen molar-refractivity contribution in [1.29, 1.82) is 0 Å². The lowest BCUT2D eigenvalue weighted by atomic mass is 10.2. The van der Waals surface area contributed by atoms with Crippen molar-refractivity contribution in [3.05, 3.63) is 36.6 Å². The number of hydrogen-bond donors (Lipinski definition) is 0. The van der Waals surface area contributed by atoms with Crippen molar-refractivity contribution in [2.24, 2.45) is 0 Å². The molecule has 24 heavy (non-hydrogen) atoms. The van der Waals surface area contributed by atoms with Crippen LogP contribution in [0.25, 0.3) is 16.3 Å². The SMILES string of the molecule is COc1cnc(-c2cc[n+](C3=C(F)C(F)(F)C(F)(F)C3F)cc2)s1. The second-order valence-corrected chi connectivity index (χ2v) is 5.93. The van der Waals surface area contributed by atoms with Crippen LogP contribution in [-0.2, 0) is 0 Å². The fourth-order valence-corrected chi connectivity index (χ4v) is 2.95. The zero-order chi connectivity index (χ0) is 17.7. The highest BCUT2D eigenvalue weighted by Gasteiger charge is 2.75. The Kier molecular flexibility index (Phi) is 3.82. The van der Waals surface area contributed by atoms with E-state index in [1.165, 1.54) is 36.8 Å². The summed E-state index contributed by atoms with van der Waals surface area (Å²) in [7, 11) is 1.45. The molecule has 0 amide bonds. The summed E-state index contributed by atoms with van der Waals surface area (Å²) < 4.78 is 85.8. The van der Waals surface area contributed by atoms with Crippen LogP contribution in [-0.4, -0.2) is 30.1 Å². The quantitative estimate of drug-likeness (QED) is 0.608. The average molecular weight is 367 g/mol. The first-order valence-electron chi connectivity index (χ1n) is 6.52. The number of ether oxygens (including phenoxy) is 1. The van der Waals surface area contributed by atoms with Crippen LogP contribution < -0.4 is 9.30 Å². The van der Waals surface area contributed by atoms with Crippen LogP contribution in [0.4, 0.5) is 26.3 Å². The predicted molar refractivity (Wildman–Crippen MR) is 73.4 cm³/mol. The average Bonchev–Trinajstić information content (AvgIpc) is 3.07. The van der Waals surface area contributed by atoms with Gasteiger partial charge in [-0.2, -0.15) is 26.5 Å². The van der Waals surface area contributed by atoms with E-state index in [9.17, 15) is 26.3 Å². The normalized spacial score (nSPS) is 22.0. The first-order valence-corrected chi connectivity index (χ1v) is 7.33. The Hall–Kier alpha value is -2.10. The Morgan fingerprint density at radius 1 is 1.21 bits per heavy atom. The number of rotatable bonds is 3. The van der Waals surface area contributed by atoms with Gasteiger partial charge in [0.25, 0.3) is 11.9 Å². The number of alkyl halides is 5. The zero-order valence-electron chi connectivity index (χ0n) is 11.9. The third-order valence-electron chi connectivity index (χ3n) is 3.52. The molecule has 1 atom stereocenters. The van der Waals surface area contributed by atoms with Crippen molar-refractivity contribution in [3.63, 3.8) is 0 Å². The Labute approximate surface area is 135 Å². The lowest BCUT2D eigenvalue weighted by Crippen LogP contribution is -2.45. The molecule has 2 aromatic rings. The highest BCUT2D eigenvalue weighted by molar-refractivity contribution is 7.16. The molecule has 0 spiro atoms. The smallest absolute Gasteiger partial charge is 0.370 e. The molecule has 3 rings (SSSR count). The second kappa shape index (κ2) is 5.47. The van der Waals surface area contributed by atoms with E-state index in [4.69, 9.17) is 4.74 Å². The topological polar surface area (TPSA) is 26.0 Å². The van der Waals surface area contributed by atoms with Crippen molar-refractivity contribution in [3.8, 4) is 15.6 Å². The summed E-state index contributed by atoms with van der Waals surface area (Å²) in [6, 6.07) is 2.64. The summed E-state index contributed by atoms with van der Waals surface area (Å²) in [5.41, 5.74) is -0.902. The second-order valence-electron chi connectivity index (χ2n) is 4.94. The number of nitrogens with zero attached hydrogens (tertiary/aromatic N) is 2. The van der Waals surface area contributed by atoms with Crippen LogP contribution in [0.2, 0.25) is 0 Å². The third kappa shape index (κ3) is 2.27. The first-order chi connectivity index (χ1) is 11.2. The molecule has 0 aromatic carbocycles. The number of methoxy groups -OCH3 is 1. The minimum atomic E-state index is -5.18. The Balaban J connectivity index is 1.98. The minimum Gasteiger partial charge on any atom is -0.486 e. The van der Waals surface area contributed by atoms with E-state index in [2.05, 4.69) is 4.98 Å². The fourth-order valence-electron chi connectivity index (χ4n) is 2.21. The Bertz CT molecular complexity index is 802. The maximum atomic E-state index is 13.7. The summed E-state index contributed by atoms with van der Waals surface area (Å²) in [5, 5.41) is 1.03. The molecule has 2 heterocycles. The van der Waals surface area contributed by atoms with Gasteiger partial charge in [0.2, 0.25) is 5.83 Å². The number of aromatic nitrogens is 2. The summed E-state index contributed by atoms with van der Waals surface area (Å²) in [4.78, 5) is 4.04. The summed E-state index contributed by atoms with van der Waals surface area (Å²) in [6.07, 6.45) is 0.0341. The van der Waals surface area contributed by atoms with Gasteiger partial charge in [-0.05, 0) is 0 Å². The highest BCUT2D eigenvalue weighted by Crippen LogP contribution is 2.53. The van der Waals surface area contributed by atoms with E-state index in [0.29, 0.717) is 20.2 Å². The molecular formula is C14H9F6N2OS+. The van der Waals surface area contributed by atoms with Gasteiger partial charge in [0.15, 0.2) is 17.5 Å². The summed E-state index contributed by atoms with van der Waals surface area (Å²) in [6.45, 7) is 0. The number of thiazole rings is 1. The number of halogens is 6. The van der Waals surface area contributed by atoms with Gasteiger partial charge in [0.1, 0.15) is 5.01 Å². The molecule has 0 aliphatic heterocycles. The van der Waals surface area contributed by atoms with Gasteiger partial charge in [-0.1, -0.05) is 11.3 Å². The summed E-state index contributed by atoms with van der Waals surface area (Å²) >= 11 is 1.18. The molecule has 1 unspecified atom stereocenters. The van der Waals surface area contributed by atoms with E-state index in [1.54, 1.807) is 0 Å². The van der Waals surface area contributed by atoms with Crippen LogP contribution >= 0.6 is 11.3 Å². The molecule has 0 N–H and O–H groups in total. The molecule has 0 radical (unpaired) electrons. The van der Waals surface area contributed by atoms with Crippen LogP contribution in [0.15, 0.2) is 36.6 Å². The summed E-state index contributed by atoms with van der Waals surface area (Å²) in [5.74, 6) is -12.8. The van der Waals surface area contributed by atoms with Crippen LogP contribution in [0, 0.1) is 0 Å². The van der Waals surface area contributed by atoms with Gasteiger partial charge in [0.05, 0.1) is 13.3 Å². The standard InChI is InChI=1S/C14H9F6N2OS/c1-23-8-6-21-12(24-8)7-2-4-22(5-3-7)9-10(15)13(17,18)14(19,20)11(9)16/h2-6,10H,1H3/q+1. The third-order valence-corrected chi connectivity index (χ3v) is 4.53. The van der Waals surface area contributed by atoms with E-state index in [-0.39, 0.29) is 0 Å². The lowest BCUT2D eigenvalue weighted by molar-refractivity contribution is -0.587. The molecule has 3 nitrogen and oxygen atoms in total. The van der Waals surface area contributed by atoms with Gasteiger partial charge >= 0.3 is 11.8 Å². The maximum Gasteiger partial charge on any atom is 0.370 e. The van der Waals surface area contributed by atoms with Gasteiger partial charge < -0.3 is 4.74 Å². The van der Waals surface area contributed by atoms with Crippen LogP contribution in [0.5, 0.6) is 5.06 Å². The first kappa shape index (κ1) is 16.7. The largest absolute Gasteiger partial charge is 0.486 e. The molecule has 1 aliphatic rings. The van der Waals surface area contributed by atoms with Gasteiger partial charge in [-0.15, -0.1) is 0 Å². The van der Waals surface area contributed by atoms with E-state index < -0.39 is 29.5 Å². The van der Waals surface area contributed by atoms with E-state index in [0.717, 1.165) is 12.4 Å². The zero-order valence-corrected chi connectivity index (χ0v) is 12.8. The molecule has 0 bridgehead atoms. The molecule has 2 aromatic heterocycles. The lowest BCUT2D eigenvalue weighted by Gasteiger charge is -2.18. The molecular weight excluding hydrogens is 358 g/mol. The fraction of sp³-hybridized carbons (Fsp3) is 0.286. The van der Waals surface area contributed by atoms with Crippen molar-refractivity contribution in [2.45, 2.75) is 18.0 Å². The van der Waals surface area contributed by atoms with Crippen molar-refractivity contribution >= 4 is 17.0 Å². The Morgan fingerprint density at radius 3 is 2.29 bits per heavy atom. The highest BCUT2D eigenvalue weighted by atomic mass is 32.1. The van der Waals surface area contributed by atoms with Crippen molar-refractivity contribution in [1.82, 2.24) is 4.98 Å². The van der Waals surface area contributed by atoms with Crippen molar-refractivity contribution in [2.75, 3.05) is 7.11 Å².